The van der Waals surface area contributed by atoms with Crippen LogP contribution in [0.15, 0.2) is 29.2 Å². The lowest BCUT2D eigenvalue weighted by molar-refractivity contribution is 0.484. The van der Waals surface area contributed by atoms with Crippen LogP contribution in [0.5, 0.6) is 0 Å². The molecule has 15 heavy (non-hydrogen) atoms. The fraction of sp³-hybridized carbons (Fsp3) is 0.455. The summed E-state index contributed by atoms with van der Waals surface area (Å²) in [5, 5.41) is -0.238. The molecule has 4 heteroatoms. The third-order valence-corrected chi connectivity index (χ3v) is 5.37. The molecular weight excluding hydrogens is 232 g/mol. The Labute approximate surface area is 95.2 Å². The molecule has 1 aliphatic rings. The minimum Gasteiger partial charge on any atom is -0.223 e. The quantitative estimate of drug-likeness (QED) is 0.750. The van der Waals surface area contributed by atoms with E-state index in [4.69, 9.17) is 11.6 Å². The molecule has 2 rings (SSSR count). The molecule has 2 nitrogen and oxygen atoms in total. The SMILES string of the molecule is Cc1ccc(S(=O)(=O)C2CC(Cl)C2)cc1. The van der Waals surface area contributed by atoms with Crippen LogP contribution in [0.3, 0.4) is 0 Å². The Morgan fingerprint density at radius 2 is 1.73 bits per heavy atom. The second-order valence-electron chi connectivity index (χ2n) is 4.05. The summed E-state index contributed by atoms with van der Waals surface area (Å²) >= 11 is 5.80. The molecule has 1 aromatic carbocycles. The summed E-state index contributed by atoms with van der Waals surface area (Å²) in [4.78, 5) is 0.418. The van der Waals surface area contributed by atoms with Crippen molar-refractivity contribution in [3.8, 4) is 0 Å². The first kappa shape index (κ1) is 11.0. The van der Waals surface area contributed by atoms with Gasteiger partial charge in [0.05, 0.1) is 10.1 Å². The van der Waals surface area contributed by atoms with Crippen molar-refractivity contribution in [3.63, 3.8) is 0 Å². The molecular formula is C11H13ClO2S. The number of sulfone groups is 1. The van der Waals surface area contributed by atoms with Crippen LogP contribution < -0.4 is 0 Å². The number of aryl methyl sites for hydroxylation is 1. The molecule has 1 fully saturated rings. The highest BCUT2D eigenvalue weighted by atomic mass is 35.5. The van der Waals surface area contributed by atoms with Crippen LogP contribution in [0.25, 0.3) is 0 Å². The number of benzene rings is 1. The number of hydrogen-bond donors (Lipinski definition) is 0. The number of hydrogen-bond acceptors (Lipinski definition) is 2. The molecule has 0 atom stereocenters. The smallest absolute Gasteiger partial charge is 0.181 e. The summed E-state index contributed by atoms with van der Waals surface area (Å²) in [6.45, 7) is 1.94. The third kappa shape index (κ3) is 2.04. The second kappa shape index (κ2) is 3.80. The van der Waals surface area contributed by atoms with Crippen molar-refractivity contribution >= 4 is 21.4 Å². The van der Waals surface area contributed by atoms with E-state index in [-0.39, 0.29) is 10.6 Å². The predicted octanol–water partition coefficient (Wildman–Crippen LogP) is 2.54. The van der Waals surface area contributed by atoms with Crippen LogP contribution in [0, 0.1) is 6.92 Å². The molecule has 0 amide bonds. The molecule has 1 aliphatic carbocycles. The van der Waals surface area contributed by atoms with Gasteiger partial charge in [0.25, 0.3) is 0 Å². The highest BCUT2D eigenvalue weighted by molar-refractivity contribution is 7.92. The Hall–Kier alpha value is -0.540. The van der Waals surface area contributed by atoms with E-state index >= 15 is 0 Å². The fourth-order valence-corrected chi connectivity index (χ4v) is 4.19. The van der Waals surface area contributed by atoms with Gasteiger partial charge in [-0.2, -0.15) is 0 Å². The van der Waals surface area contributed by atoms with Gasteiger partial charge in [-0.15, -0.1) is 11.6 Å². The Morgan fingerprint density at radius 1 is 1.20 bits per heavy atom. The summed E-state index contributed by atoms with van der Waals surface area (Å²) in [7, 11) is -3.14. The molecule has 0 aromatic heterocycles. The first-order valence-electron chi connectivity index (χ1n) is 4.95. The van der Waals surface area contributed by atoms with Crippen molar-refractivity contribution in [2.45, 2.75) is 35.3 Å². The van der Waals surface area contributed by atoms with Crippen LogP contribution >= 0.6 is 11.6 Å². The summed E-state index contributed by atoms with van der Waals surface area (Å²) in [6.07, 6.45) is 1.16. The average molecular weight is 245 g/mol. The third-order valence-electron chi connectivity index (χ3n) is 2.83. The first-order chi connectivity index (χ1) is 7.00. The van der Waals surface area contributed by atoms with Gasteiger partial charge in [0, 0.05) is 5.38 Å². The summed E-state index contributed by atoms with van der Waals surface area (Å²) in [5.74, 6) is 0. The van der Waals surface area contributed by atoms with Gasteiger partial charge in [-0.3, -0.25) is 0 Å². The zero-order chi connectivity index (χ0) is 11.1. The van der Waals surface area contributed by atoms with Gasteiger partial charge in [-0.1, -0.05) is 17.7 Å². The molecule has 0 heterocycles. The lowest BCUT2D eigenvalue weighted by atomic mass is 9.99. The highest BCUT2D eigenvalue weighted by Gasteiger charge is 2.38. The van der Waals surface area contributed by atoms with Gasteiger partial charge in [0.15, 0.2) is 9.84 Å². The van der Waals surface area contributed by atoms with E-state index < -0.39 is 9.84 Å². The van der Waals surface area contributed by atoms with E-state index in [0.29, 0.717) is 17.7 Å². The monoisotopic (exact) mass is 244 g/mol. The van der Waals surface area contributed by atoms with Crippen LogP contribution in [-0.2, 0) is 9.84 Å². The molecule has 1 saturated carbocycles. The van der Waals surface area contributed by atoms with Crippen molar-refractivity contribution in [3.05, 3.63) is 29.8 Å². The Bertz CT molecular complexity index is 444. The summed E-state index contributed by atoms with van der Waals surface area (Å²) < 4.78 is 24.0. The largest absolute Gasteiger partial charge is 0.223 e. The van der Waals surface area contributed by atoms with E-state index in [0.717, 1.165) is 5.56 Å². The second-order valence-corrected chi connectivity index (χ2v) is 6.89. The normalized spacial score (nSPS) is 26.0. The van der Waals surface area contributed by atoms with E-state index in [2.05, 4.69) is 0 Å². The maximum Gasteiger partial charge on any atom is 0.181 e. The lowest BCUT2D eigenvalue weighted by Crippen LogP contribution is -2.36. The Morgan fingerprint density at radius 3 is 2.20 bits per heavy atom. The summed E-state index contributed by atoms with van der Waals surface area (Å²) in [6, 6.07) is 6.99. The predicted molar refractivity (Wildman–Crippen MR) is 61.0 cm³/mol. The van der Waals surface area contributed by atoms with Crippen molar-refractivity contribution in [1.29, 1.82) is 0 Å². The molecule has 0 bridgehead atoms. The Kier molecular flexibility index (Phi) is 2.77. The van der Waals surface area contributed by atoms with E-state index in [1.807, 2.05) is 19.1 Å². The minimum absolute atomic E-state index is 0.0372. The molecule has 0 saturated heterocycles. The molecule has 0 spiro atoms. The lowest BCUT2D eigenvalue weighted by Gasteiger charge is -2.30. The number of rotatable bonds is 2. The van der Waals surface area contributed by atoms with Crippen LogP contribution in [0.4, 0.5) is 0 Å². The topological polar surface area (TPSA) is 34.1 Å². The van der Waals surface area contributed by atoms with E-state index in [1.165, 1.54) is 0 Å². The minimum atomic E-state index is -3.14. The van der Waals surface area contributed by atoms with Crippen molar-refractivity contribution < 1.29 is 8.42 Å². The number of alkyl halides is 1. The zero-order valence-electron chi connectivity index (χ0n) is 8.48. The van der Waals surface area contributed by atoms with Crippen LogP contribution in [0.2, 0.25) is 0 Å². The van der Waals surface area contributed by atoms with Gasteiger partial charge in [0.2, 0.25) is 0 Å². The zero-order valence-corrected chi connectivity index (χ0v) is 10.1. The highest BCUT2D eigenvalue weighted by Crippen LogP contribution is 2.34. The molecule has 82 valence electrons. The standard InChI is InChI=1S/C11H13ClO2S/c1-8-2-4-10(5-3-8)15(13,14)11-6-9(12)7-11/h2-5,9,11H,6-7H2,1H3. The molecule has 0 N–H and O–H groups in total. The molecule has 0 unspecified atom stereocenters. The van der Waals surface area contributed by atoms with Crippen LogP contribution in [0.1, 0.15) is 18.4 Å². The van der Waals surface area contributed by atoms with Crippen molar-refractivity contribution in [2.75, 3.05) is 0 Å². The maximum absolute atomic E-state index is 12.0. The van der Waals surface area contributed by atoms with E-state index in [1.54, 1.807) is 12.1 Å². The fourth-order valence-electron chi connectivity index (χ4n) is 1.68. The van der Waals surface area contributed by atoms with Gasteiger partial charge in [0.1, 0.15) is 0 Å². The molecule has 1 aromatic rings. The number of halogens is 1. The van der Waals surface area contributed by atoms with Crippen molar-refractivity contribution in [2.24, 2.45) is 0 Å². The average Bonchev–Trinajstić information content (AvgIpc) is 2.13. The van der Waals surface area contributed by atoms with Gasteiger partial charge in [-0.05, 0) is 31.9 Å². The van der Waals surface area contributed by atoms with Gasteiger partial charge in [-0.25, -0.2) is 8.42 Å². The van der Waals surface area contributed by atoms with Gasteiger partial charge < -0.3 is 0 Å². The molecule has 0 radical (unpaired) electrons. The van der Waals surface area contributed by atoms with Crippen molar-refractivity contribution in [1.82, 2.24) is 0 Å². The first-order valence-corrected chi connectivity index (χ1v) is 6.93. The van der Waals surface area contributed by atoms with Crippen LogP contribution in [-0.4, -0.2) is 19.0 Å². The Balaban J connectivity index is 2.26. The summed E-state index contributed by atoms with van der Waals surface area (Å²) in [5.41, 5.74) is 1.07. The molecule has 0 aliphatic heterocycles. The van der Waals surface area contributed by atoms with E-state index in [9.17, 15) is 8.42 Å². The van der Waals surface area contributed by atoms with Gasteiger partial charge >= 0.3 is 0 Å². The maximum atomic E-state index is 12.0.